The van der Waals surface area contributed by atoms with E-state index in [1.165, 1.54) is 0 Å². The lowest BCUT2D eigenvalue weighted by molar-refractivity contribution is -0.133. The van der Waals surface area contributed by atoms with E-state index in [0.717, 1.165) is 10.8 Å². The minimum absolute atomic E-state index is 0.0334. The van der Waals surface area contributed by atoms with Gasteiger partial charge in [0, 0.05) is 5.56 Å². The predicted molar refractivity (Wildman–Crippen MR) is 104 cm³/mol. The predicted octanol–water partition coefficient (Wildman–Crippen LogP) is 2.74. The van der Waals surface area contributed by atoms with E-state index < -0.39 is 21.8 Å². The van der Waals surface area contributed by atoms with Crippen molar-refractivity contribution in [2.24, 2.45) is 5.73 Å². The maximum atomic E-state index is 12.2. The molecule has 0 heterocycles. The van der Waals surface area contributed by atoms with Gasteiger partial charge < -0.3 is 9.92 Å². The van der Waals surface area contributed by atoms with Gasteiger partial charge in [-0.3, -0.25) is 10.2 Å². The highest BCUT2D eigenvalue weighted by Gasteiger charge is 2.18. The van der Waals surface area contributed by atoms with Gasteiger partial charge in [0.25, 0.3) is 0 Å². The number of benzene rings is 3. The van der Waals surface area contributed by atoms with Crippen LogP contribution in [0.5, 0.6) is 0 Å². The molecular formula is C20H18N2O4S. The number of rotatable bonds is 6. The first-order valence-electron chi connectivity index (χ1n) is 8.18. The Morgan fingerprint density at radius 2 is 1.59 bits per heavy atom. The van der Waals surface area contributed by atoms with Crippen LogP contribution in [0.15, 0.2) is 66.7 Å². The van der Waals surface area contributed by atoms with Crippen molar-refractivity contribution in [1.29, 1.82) is 5.41 Å². The van der Waals surface area contributed by atoms with Crippen LogP contribution in [0, 0.1) is 5.41 Å². The van der Waals surface area contributed by atoms with Crippen molar-refractivity contribution in [3.8, 4) is 0 Å². The summed E-state index contributed by atoms with van der Waals surface area (Å²) in [7, 11) is -4.05. The molecule has 7 heteroatoms. The molecule has 0 bridgehead atoms. The minimum Gasteiger partial charge on any atom is -0.384 e. The van der Waals surface area contributed by atoms with E-state index in [4.69, 9.17) is 15.3 Å². The monoisotopic (exact) mass is 382 g/mol. The number of nitrogen functional groups attached to an aromatic ring is 1. The second-order valence-electron chi connectivity index (χ2n) is 6.13. The second-order valence-corrected chi connectivity index (χ2v) is 7.70. The van der Waals surface area contributed by atoms with Gasteiger partial charge in [0.15, 0.2) is 0 Å². The van der Waals surface area contributed by atoms with Crippen LogP contribution in [-0.4, -0.2) is 20.2 Å². The van der Waals surface area contributed by atoms with Crippen molar-refractivity contribution < 1.29 is 17.4 Å². The van der Waals surface area contributed by atoms with E-state index >= 15 is 0 Å². The van der Waals surface area contributed by atoms with Gasteiger partial charge in [-0.1, -0.05) is 60.7 Å². The van der Waals surface area contributed by atoms with Crippen LogP contribution >= 0.6 is 0 Å². The number of carbonyl (C=O) groups excluding carboxylic acids is 1. The zero-order chi connectivity index (χ0) is 19.4. The van der Waals surface area contributed by atoms with Gasteiger partial charge in [-0.05, 0) is 28.0 Å². The SMILES string of the molecule is N=C(N)c1ccc2cc(CS(=O)(=O)OC(=O)Cc3ccccc3)ccc2c1. The lowest BCUT2D eigenvalue weighted by Crippen LogP contribution is -2.16. The number of nitrogens with two attached hydrogens (primary N) is 1. The molecule has 3 aromatic rings. The number of carbonyl (C=O) groups is 1. The summed E-state index contributed by atoms with van der Waals surface area (Å²) in [4.78, 5) is 11.9. The highest BCUT2D eigenvalue weighted by atomic mass is 32.2. The van der Waals surface area contributed by atoms with Crippen molar-refractivity contribution in [2.75, 3.05) is 0 Å². The zero-order valence-electron chi connectivity index (χ0n) is 14.4. The van der Waals surface area contributed by atoms with Crippen molar-refractivity contribution in [3.05, 3.63) is 83.4 Å². The number of fused-ring (bicyclic) bond motifs is 1. The molecule has 0 spiro atoms. The fourth-order valence-electron chi connectivity index (χ4n) is 2.72. The van der Waals surface area contributed by atoms with Crippen molar-refractivity contribution >= 4 is 32.7 Å². The molecule has 0 atom stereocenters. The summed E-state index contributed by atoms with van der Waals surface area (Å²) in [5, 5.41) is 9.11. The molecule has 3 aromatic carbocycles. The van der Waals surface area contributed by atoms with Crippen LogP contribution in [0.1, 0.15) is 16.7 Å². The Balaban J connectivity index is 1.72. The summed E-state index contributed by atoms with van der Waals surface area (Å²) in [5.41, 5.74) is 7.26. The Labute approximate surface area is 157 Å². The Hall–Kier alpha value is -3.19. The summed E-state index contributed by atoms with van der Waals surface area (Å²) >= 11 is 0. The molecule has 0 fully saturated rings. The third-order valence-electron chi connectivity index (χ3n) is 3.97. The molecule has 3 N–H and O–H groups in total. The first-order valence-corrected chi connectivity index (χ1v) is 9.76. The molecule has 0 unspecified atom stereocenters. The molecule has 0 aliphatic carbocycles. The second kappa shape index (κ2) is 7.59. The highest BCUT2D eigenvalue weighted by molar-refractivity contribution is 7.86. The summed E-state index contributed by atoms with van der Waals surface area (Å²) in [5.74, 6) is -1.25. The third-order valence-corrected chi connectivity index (χ3v) is 5.10. The molecular weight excluding hydrogens is 364 g/mol. The molecule has 0 radical (unpaired) electrons. The van der Waals surface area contributed by atoms with Gasteiger partial charge >= 0.3 is 16.1 Å². The Bertz CT molecular complexity index is 1110. The molecule has 6 nitrogen and oxygen atoms in total. The molecule has 0 aliphatic rings. The zero-order valence-corrected chi connectivity index (χ0v) is 15.2. The van der Waals surface area contributed by atoms with Crippen LogP contribution in [0.25, 0.3) is 10.8 Å². The highest BCUT2D eigenvalue weighted by Crippen LogP contribution is 2.20. The van der Waals surface area contributed by atoms with Gasteiger partial charge in [-0.25, -0.2) is 0 Å². The Morgan fingerprint density at radius 3 is 2.30 bits per heavy atom. The minimum atomic E-state index is -4.05. The standard InChI is InChI=1S/C20H18N2O4S/c21-20(22)18-9-8-16-10-15(6-7-17(16)12-18)13-27(24,25)26-19(23)11-14-4-2-1-3-5-14/h1-10,12H,11,13H2,(H3,21,22). The molecule has 0 saturated carbocycles. The summed E-state index contributed by atoms with van der Waals surface area (Å²) in [6.07, 6.45) is -0.106. The maximum absolute atomic E-state index is 12.2. The maximum Gasteiger partial charge on any atom is 0.326 e. The molecule has 3 rings (SSSR count). The van der Waals surface area contributed by atoms with Gasteiger partial charge in [-0.15, -0.1) is 0 Å². The molecule has 27 heavy (non-hydrogen) atoms. The smallest absolute Gasteiger partial charge is 0.326 e. The summed E-state index contributed by atoms with van der Waals surface area (Å²) < 4.78 is 29.1. The average molecular weight is 382 g/mol. The fourth-order valence-corrected chi connectivity index (χ4v) is 3.71. The quantitative estimate of drug-likeness (QED) is 0.387. The van der Waals surface area contributed by atoms with E-state index in [9.17, 15) is 13.2 Å². The number of hydrogen-bond donors (Lipinski definition) is 2. The van der Waals surface area contributed by atoms with E-state index in [2.05, 4.69) is 0 Å². The number of nitrogens with one attached hydrogen (secondary N) is 1. The first kappa shape index (κ1) is 18.6. The van der Waals surface area contributed by atoms with E-state index in [1.807, 2.05) is 6.07 Å². The van der Waals surface area contributed by atoms with Crippen LogP contribution in [0.2, 0.25) is 0 Å². The number of amidine groups is 1. The van der Waals surface area contributed by atoms with Crippen LogP contribution < -0.4 is 5.73 Å². The van der Waals surface area contributed by atoms with E-state index in [-0.39, 0.29) is 12.3 Å². The summed E-state index contributed by atoms with van der Waals surface area (Å²) in [6.45, 7) is 0. The largest absolute Gasteiger partial charge is 0.384 e. The van der Waals surface area contributed by atoms with Gasteiger partial charge in [0.05, 0.1) is 6.42 Å². The van der Waals surface area contributed by atoms with Gasteiger partial charge in [-0.2, -0.15) is 8.42 Å². The van der Waals surface area contributed by atoms with Crippen molar-refractivity contribution in [2.45, 2.75) is 12.2 Å². The lowest BCUT2D eigenvalue weighted by Gasteiger charge is -2.08. The van der Waals surface area contributed by atoms with Gasteiger partial charge in [0.1, 0.15) is 11.6 Å². The fraction of sp³-hybridized carbons (Fsp3) is 0.100. The lowest BCUT2D eigenvalue weighted by atomic mass is 10.0. The first-order chi connectivity index (χ1) is 12.8. The Kier molecular flexibility index (Phi) is 5.23. The van der Waals surface area contributed by atoms with Gasteiger partial charge in [0.2, 0.25) is 0 Å². The topological polar surface area (TPSA) is 110 Å². The van der Waals surface area contributed by atoms with Crippen LogP contribution in [0.3, 0.4) is 0 Å². The van der Waals surface area contributed by atoms with E-state index in [0.29, 0.717) is 16.7 Å². The van der Waals surface area contributed by atoms with Crippen LogP contribution in [0.4, 0.5) is 0 Å². The molecule has 0 aliphatic heterocycles. The molecule has 138 valence electrons. The normalized spacial score (nSPS) is 11.3. The third kappa shape index (κ3) is 4.92. The summed E-state index contributed by atoms with van der Waals surface area (Å²) in [6, 6.07) is 19.1. The Morgan fingerprint density at radius 1 is 0.926 bits per heavy atom. The number of hydrogen-bond acceptors (Lipinski definition) is 5. The van der Waals surface area contributed by atoms with Crippen molar-refractivity contribution in [3.63, 3.8) is 0 Å². The van der Waals surface area contributed by atoms with Crippen LogP contribution in [-0.2, 0) is 31.3 Å². The molecule has 0 saturated heterocycles. The average Bonchev–Trinajstić information content (AvgIpc) is 2.61. The molecule has 0 amide bonds. The van der Waals surface area contributed by atoms with E-state index in [1.54, 1.807) is 60.7 Å². The molecule has 0 aromatic heterocycles. The van der Waals surface area contributed by atoms with Crippen molar-refractivity contribution in [1.82, 2.24) is 0 Å².